The average molecular weight is 250 g/mol. The van der Waals surface area contributed by atoms with Gasteiger partial charge in [0.15, 0.2) is 0 Å². The second-order valence-electron chi connectivity index (χ2n) is 5.48. The van der Waals surface area contributed by atoms with Crippen molar-refractivity contribution in [3.05, 3.63) is 11.6 Å². The van der Waals surface area contributed by atoms with Crippen molar-refractivity contribution in [3.8, 4) is 0 Å². The van der Waals surface area contributed by atoms with Gasteiger partial charge >= 0.3 is 0 Å². The van der Waals surface area contributed by atoms with Crippen molar-refractivity contribution in [3.63, 3.8) is 0 Å². The van der Waals surface area contributed by atoms with E-state index >= 15 is 0 Å². The molecule has 18 heavy (non-hydrogen) atoms. The Hall–Kier alpha value is -1.39. The van der Waals surface area contributed by atoms with Gasteiger partial charge in [0.25, 0.3) is 5.91 Å². The molecular weight excluding hydrogens is 228 g/mol. The predicted octanol–water partition coefficient (Wildman–Crippen LogP) is 1.87. The van der Waals surface area contributed by atoms with Gasteiger partial charge in [-0.05, 0) is 25.2 Å². The molecule has 1 saturated heterocycles. The molecule has 5 nitrogen and oxygen atoms in total. The summed E-state index contributed by atoms with van der Waals surface area (Å²) in [5.74, 6) is 2.10. The lowest BCUT2D eigenvalue weighted by Crippen LogP contribution is -2.49. The Labute approximate surface area is 108 Å². The zero-order valence-corrected chi connectivity index (χ0v) is 11.6. The number of rotatable bonds is 2. The van der Waals surface area contributed by atoms with E-state index in [1.54, 1.807) is 0 Å². The lowest BCUT2D eigenvalue weighted by atomic mass is 9.86. The van der Waals surface area contributed by atoms with Crippen LogP contribution in [0.15, 0.2) is 0 Å². The molecule has 1 aliphatic heterocycles. The maximum absolute atomic E-state index is 12.4. The van der Waals surface area contributed by atoms with Gasteiger partial charge in [-0.3, -0.25) is 9.89 Å². The van der Waals surface area contributed by atoms with Crippen LogP contribution >= 0.6 is 0 Å². The molecule has 0 aliphatic carbocycles. The number of amides is 1. The smallest absolute Gasteiger partial charge is 0.293 e. The molecule has 0 aromatic carbocycles. The molecule has 1 N–H and O–H groups in total. The topological polar surface area (TPSA) is 61.9 Å². The Morgan fingerprint density at radius 3 is 2.78 bits per heavy atom. The number of hydrogen-bond donors (Lipinski definition) is 1. The van der Waals surface area contributed by atoms with Crippen LogP contribution in [-0.2, 0) is 6.42 Å². The first-order valence-corrected chi connectivity index (χ1v) is 6.75. The number of aromatic amines is 1. The van der Waals surface area contributed by atoms with Crippen molar-refractivity contribution in [2.24, 2.45) is 11.8 Å². The van der Waals surface area contributed by atoms with Gasteiger partial charge in [-0.25, -0.2) is 4.98 Å². The Balaban J connectivity index is 2.16. The molecule has 3 unspecified atom stereocenters. The highest BCUT2D eigenvalue weighted by atomic mass is 16.2. The summed E-state index contributed by atoms with van der Waals surface area (Å²) in [5, 5.41) is 6.82. The first-order chi connectivity index (χ1) is 8.52. The van der Waals surface area contributed by atoms with Crippen LogP contribution in [0.5, 0.6) is 0 Å². The van der Waals surface area contributed by atoms with Crippen molar-refractivity contribution in [1.82, 2.24) is 20.1 Å². The minimum Gasteiger partial charge on any atom is -0.333 e. The molecule has 1 aromatic rings. The molecule has 0 saturated carbocycles. The van der Waals surface area contributed by atoms with E-state index in [1.807, 2.05) is 11.8 Å². The molecule has 1 aromatic heterocycles. The van der Waals surface area contributed by atoms with Crippen molar-refractivity contribution in [1.29, 1.82) is 0 Å². The summed E-state index contributed by atoms with van der Waals surface area (Å²) in [6.45, 7) is 9.30. The van der Waals surface area contributed by atoms with Crippen LogP contribution in [0.2, 0.25) is 0 Å². The van der Waals surface area contributed by atoms with Gasteiger partial charge in [0.2, 0.25) is 5.82 Å². The van der Waals surface area contributed by atoms with E-state index in [9.17, 15) is 4.79 Å². The summed E-state index contributed by atoms with van der Waals surface area (Å²) in [6, 6.07) is 0.261. The molecule has 1 aliphatic rings. The third kappa shape index (κ3) is 2.40. The number of nitrogens with zero attached hydrogens (tertiary/aromatic N) is 3. The molecule has 3 atom stereocenters. The van der Waals surface area contributed by atoms with Crippen LogP contribution in [0.3, 0.4) is 0 Å². The third-order valence-electron chi connectivity index (χ3n) is 3.92. The Kier molecular flexibility index (Phi) is 3.68. The Bertz CT molecular complexity index is 428. The van der Waals surface area contributed by atoms with Crippen molar-refractivity contribution in [2.75, 3.05) is 6.54 Å². The third-order valence-corrected chi connectivity index (χ3v) is 3.92. The van der Waals surface area contributed by atoms with Gasteiger partial charge in [-0.2, -0.15) is 0 Å². The molecule has 1 fully saturated rings. The molecule has 5 heteroatoms. The standard InChI is InChI=1S/C13H22N4O/c1-5-11-14-12(16-15-11)13(18)17-7-8(2)6-9(3)10(17)4/h8-10H,5-7H2,1-4H3,(H,14,15,16). The number of H-pyrrole nitrogens is 1. The van der Waals surface area contributed by atoms with E-state index < -0.39 is 0 Å². The highest BCUT2D eigenvalue weighted by Gasteiger charge is 2.33. The fourth-order valence-corrected chi connectivity index (χ4v) is 2.66. The molecule has 2 heterocycles. The number of piperidine rings is 1. The van der Waals surface area contributed by atoms with Gasteiger partial charge in [-0.15, -0.1) is 5.10 Å². The number of carbonyl (C=O) groups excluding carboxylic acids is 1. The van der Waals surface area contributed by atoms with Crippen LogP contribution in [0.4, 0.5) is 0 Å². The normalized spacial score (nSPS) is 28.4. The van der Waals surface area contributed by atoms with Gasteiger partial charge < -0.3 is 4.90 Å². The minimum absolute atomic E-state index is 0.0446. The molecule has 0 spiro atoms. The zero-order chi connectivity index (χ0) is 13.3. The van der Waals surface area contributed by atoms with E-state index in [4.69, 9.17) is 0 Å². The van der Waals surface area contributed by atoms with Crippen LogP contribution in [0.25, 0.3) is 0 Å². The Morgan fingerprint density at radius 2 is 2.17 bits per heavy atom. The number of aryl methyl sites for hydroxylation is 1. The summed E-state index contributed by atoms with van der Waals surface area (Å²) < 4.78 is 0. The number of nitrogens with one attached hydrogen (secondary N) is 1. The first kappa shape index (κ1) is 13.1. The van der Waals surface area contributed by atoms with E-state index in [2.05, 4.69) is 36.0 Å². The monoisotopic (exact) mass is 250 g/mol. The summed E-state index contributed by atoms with van der Waals surface area (Å²) in [4.78, 5) is 18.6. The number of likely N-dealkylation sites (tertiary alicyclic amines) is 1. The highest BCUT2D eigenvalue weighted by molar-refractivity contribution is 5.90. The van der Waals surface area contributed by atoms with E-state index in [0.29, 0.717) is 17.7 Å². The SMILES string of the molecule is CCc1nc(C(=O)N2CC(C)CC(C)C2C)n[nH]1. The lowest BCUT2D eigenvalue weighted by molar-refractivity contribution is 0.0444. The summed E-state index contributed by atoms with van der Waals surface area (Å²) >= 11 is 0. The van der Waals surface area contributed by atoms with Gasteiger partial charge in [0, 0.05) is 19.0 Å². The first-order valence-electron chi connectivity index (χ1n) is 6.75. The zero-order valence-electron chi connectivity index (χ0n) is 11.6. The number of hydrogen-bond acceptors (Lipinski definition) is 3. The number of carbonyl (C=O) groups is 1. The molecule has 0 bridgehead atoms. The van der Waals surface area contributed by atoms with Crippen LogP contribution in [0, 0.1) is 11.8 Å². The Morgan fingerprint density at radius 1 is 1.44 bits per heavy atom. The molecule has 100 valence electrons. The largest absolute Gasteiger partial charge is 0.333 e. The van der Waals surface area contributed by atoms with Crippen LogP contribution in [0.1, 0.15) is 50.6 Å². The minimum atomic E-state index is -0.0446. The second kappa shape index (κ2) is 5.08. The maximum atomic E-state index is 12.4. The van der Waals surface area contributed by atoms with E-state index in [-0.39, 0.29) is 11.9 Å². The quantitative estimate of drug-likeness (QED) is 0.871. The van der Waals surface area contributed by atoms with Crippen molar-refractivity contribution < 1.29 is 4.79 Å². The fraction of sp³-hybridized carbons (Fsp3) is 0.769. The molecule has 1 amide bonds. The predicted molar refractivity (Wildman–Crippen MR) is 69.2 cm³/mol. The van der Waals surface area contributed by atoms with Gasteiger partial charge in [0.05, 0.1) is 0 Å². The van der Waals surface area contributed by atoms with Crippen molar-refractivity contribution in [2.45, 2.75) is 46.6 Å². The molecular formula is C13H22N4O. The summed E-state index contributed by atoms with van der Waals surface area (Å²) in [7, 11) is 0. The van der Waals surface area contributed by atoms with Gasteiger partial charge in [-0.1, -0.05) is 20.8 Å². The van der Waals surface area contributed by atoms with Gasteiger partial charge in [0.1, 0.15) is 5.82 Å². The fourth-order valence-electron chi connectivity index (χ4n) is 2.66. The summed E-state index contributed by atoms with van der Waals surface area (Å²) in [6.07, 6.45) is 1.95. The summed E-state index contributed by atoms with van der Waals surface area (Å²) in [5.41, 5.74) is 0. The lowest BCUT2D eigenvalue weighted by Gasteiger charge is -2.40. The van der Waals surface area contributed by atoms with E-state index in [0.717, 1.165) is 18.8 Å². The molecule has 0 radical (unpaired) electrons. The number of aromatic nitrogens is 3. The van der Waals surface area contributed by atoms with E-state index in [1.165, 1.54) is 6.42 Å². The van der Waals surface area contributed by atoms with Crippen LogP contribution < -0.4 is 0 Å². The maximum Gasteiger partial charge on any atom is 0.293 e. The second-order valence-corrected chi connectivity index (χ2v) is 5.48. The highest BCUT2D eigenvalue weighted by Crippen LogP contribution is 2.27. The molecule has 2 rings (SSSR count). The average Bonchev–Trinajstić information content (AvgIpc) is 2.81. The van der Waals surface area contributed by atoms with Crippen molar-refractivity contribution >= 4 is 5.91 Å². The van der Waals surface area contributed by atoms with Crippen LogP contribution in [-0.4, -0.2) is 38.6 Å².